The van der Waals surface area contributed by atoms with Crippen LogP contribution in [0, 0.1) is 5.82 Å². The molecule has 2 aromatic carbocycles. The minimum atomic E-state index is -4.24. The number of hydrogen-bond donors (Lipinski definition) is 1. The SMILES string of the molecule is CCOc1ncc2c(c1S(=O)(=O)N1CC(CCC(=O)O)Oc3ccc(C=C(C)c4c(F)cccc4Cl)cc31)CCCC2. The molecule has 11 heteroatoms. The molecule has 8 nitrogen and oxygen atoms in total. The molecular weight excluding hydrogens is 583 g/mol. The lowest BCUT2D eigenvalue weighted by Crippen LogP contribution is -2.44. The van der Waals surface area contributed by atoms with Crippen molar-refractivity contribution < 1.29 is 32.2 Å². The van der Waals surface area contributed by atoms with Crippen LogP contribution in [0.25, 0.3) is 11.6 Å². The van der Waals surface area contributed by atoms with Gasteiger partial charge in [-0.3, -0.25) is 9.10 Å². The van der Waals surface area contributed by atoms with Crippen LogP contribution in [0.5, 0.6) is 11.6 Å². The maximum atomic E-state index is 14.6. The Bertz CT molecular complexity index is 1640. The Morgan fingerprint density at radius 1 is 1.26 bits per heavy atom. The van der Waals surface area contributed by atoms with Gasteiger partial charge in [0.05, 0.1) is 23.9 Å². The first-order valence-electron chi connectivity index (χ1n) is 13.9. The molecule has 0 bridgehead atoms. The molecule has 1 aliphatic carbocycles. The third-order valence-corrected chi connectivity index (χ3v) is 9.66. The van der Waals surface area contributed by atoms with Crippen molar-refractivity contribution in [1.29, 1.82) is 0 Å². The molecule has 1 atom stereocenters. The summed E-state index contributed by atoms with van der Waals surface area (Å²) in [4.78, 5) is 15.8. The van der Waals surface area contributed by atoms with E-state index >= 15 is 0 Å². The van der Waals surface area contributed by atoms with E-state index in [0.717, 1.165) is 24.8 Å². The van der Waals surface area contributed by atoms with Gasteiger partial charge in [0.15, 0.2) is 4.90 Å². The van der Waals surface area contributed by atoms with Gasteiger partial charge in [-0.15, -0.1) is 0 Å². The molecule has 222 valence electrons. The van der Waals surface area contributed by atoms with Crippen molar-refractivity contribution in [2.24, 2.45) is 0 Å². The molecule has 5 rings (SSSR count). The molecule has 2 aliphatic rings. The third kappa shape index (κ3) is 5.96. The number of aliphatic carboxylic acids is 1. The minimum Gasteiger partial charge on any atom is -0.486 e. The number of aromatic nitrogens is 1. The second kappa shape index (κ2) is 12.3. The topological polar surface area (TPSA) is 106 Å². The molecule has 1 N–H and O–H groups in total. The van der Waals surface area contributed by atoms with E-state index in [-0.39, 0.29) is 47.4 Å². The molecular formula is C31H32ClFN2O6S. The van der Waals surface area contributed by atoms with Gasteiger partial charge < -0.3 is 14.6 Å². The predicted octanol–water partition coefficient (Wildman–Crippen LogP) is 6.53. The van der Waals surface area contributed by atoms with Crippen LogP contribution in [0.1, 0.15) is 61.8 Å². The molecule has 1 aliphatic heterocycles. The van der Waals surface area contributed by atoms with Crippen molar-refractivity contribution in [3.05, 3.63) is 75.7 Å². The fraction of sp³-hybridized carbons (Fsp3) is 0.355. The van der Waals surface area contributed by atoms with Gasteiger partial charge in [0, 0.05) is 18.2 Å². The van der Waals surface area contributed by atoms with Gasteiger partial charge >= 0.3 is 5.97 Å². The van der Waals surface area contributed by atoms with Gasteiger partial charge in [-0.05, 0) is 92.5 Å². The summed E-state index contributed by atoms with van der Waals surface area (Å²) in [5, 5.41) is 9.53. The Hall–Kier alpha value is -3.63. The predicted molar refractivity (Wildman–Crippen MR) is 159 cm³/mol. The molecule has 3 aromatic rings. The number of carbonyl (C=O) groups is 1. The summed E-state index contributed by atoms with van der Waals surface area (Å²) < 4.78 is 56.9. The highest BCUT2D eigenvalue weighted by molar-refractivity contribution is 7.93. The standard InChI is InChI=1S/C31H32ClFN2O6S/c1-3-40-31-30(23-8-5-4-7-21(23)17-34-31)42(38,39)35-18-22(12-14-28(36)37)41-27-13-11-20(16-26(27)35)15-19(2)29-24(32)9-6-10-25(29)33/h6,9-11,13,15-17,22H,3-5,7-8,12,14,18H2,1-2H3,(H,36,37). The number of aryl methyl sites for hydroxylation is 1. The van der Waals surface area contributed by atoms with Gasteiger partial charge in [0.2, 0.25) is 5.88 Å². The first kappa shape index (κ1) is 29.8. The maximum absolute atomic E-state index is 14.6. The number of allylic oxidation sites excluding steroid dienone is 1. The van der Waals surface area contributed by atoms with Gasteiger partial charge in [-0.1, -0.05) is 29.8 Å². The number of benzene rings is 2. The lowest BCUT2D eigenvalue weighted by atomic mass is 9.93. The normalized spacial score (nSPS) is 16.8. The number of sulfonamides is 1. The van der Waals surface area contributed by atoms with Crippen LogP contribution < -0.4 is 13.8 Å². The summed E-state index contributed by atoms with van der Waals surface area (Å²) in [5.41, 5.74) is 3.30. The van der Waals surface area contributed by atoms with Crippen LogP contribution in [-0.2, 0) is 27.7 Å². The Morgan fingerprint density at radius 2 is 2.05 bits per heavy atom. The minimum absolute atomic E-state index is 0.0432. The van der Waals surface area contributed by atoms with Crippen LogP contribution >= 0.6 is 11.6 Å². The van der Waals surface area contributed by atoms with E-state index in [1.54, 1.807) is 50.4 Å². The number of hydrogen-bond acceptors (Lipinski definition) is 6. The Kier molecular flexibility index (Phi) is 8.75. The van der Waals surface area contributed by atoms with E-state index in [0.29, 0.717) is 34.6 Å². The monoisotopic (exact) mass is 614 g/mol. The number of halogens is 2. The smallest absolute Gasteiger partial charge is 0.303 e. The molecule has 42 heavy (non-hydrogen) atoms. The average Bonchev–Trinajstić information content (AvgIpc) is 2.95. The number of carboxylic acid groups (broad SMARTS) is 1. The quantitative estimate of drug-likeness (QED) is 0.273. The van der Waals surface area contributed by atoms with E-state index in [2.05, 4.69) is 4.98 Å². The largest absolute Gasteiger partial charge is 0.486 e. The molecule has 0 fully saturated rings. The second-order valence-electron chi connectivity index (χ2n) is 10.4. The van der Waals surface area contributed by atoms with Crippen LogP contribution in [0.3, 0.4) is 0 Å². The maximum Gasteiger partial charge on any atom is 0.303 e. The van der Waals surface area contributed by atoms with Crippen LogP contribution in [-0.4, -0.2) is 43.7 Å². The van der Waals surface area contributed by atoms with Crippen LogP contribution in [0.15, 0.2) is 47.5 Å². The molecule has 2 heterocycles. The van der Waals surface area contributed by atoms with Crippen molar-refractivity contribution in [3.63, 3.8) is 0 Å². The fourth-order valence-corrected chi connectivity index (χ4v) is 7.72. The van der Waals surface area contributed by atoms with Crippen molar-refractivity contribution in [2.75, 3.05) is 17.5 Å². The number of nitrogens with zero attached hydrogens (tertiary/aromatic N) is 2. The molecule has 0 saturated heterocycles. The summed E-state index contributed by atoms with van der Waals surface area (Å²) in [6, 6.07) is 9.51. The molecule has 1 aromatic heterocycles. The van der Waals surface area contributed by atoms with Crippen molar-refractivity contribution in [3.8, 4) is 11.6 Å². The second-order valence-corrected chi connectivity index (χ2v) is 12.6. The number of rotatable bonds is 9. The van der Waals surface area contributed by atoms with Crippen molar-refractivity contribution in [1.82, 2.24) is 4.98 Å². The zero-order valence-corrected chi connectivity index (χ0v) is 25.0. The van der Waals surface area contributed by atoms with Gasteiger partial charge in [0.1, 0.15) is 17.7 Å². The van der Waals surface area contributed by atoms with Crippen molar-refractivity contribution in [2.45, 2.75) is 63.4 Å². The Morgan fingerprint density at radius 3 is 2.79 bits per heavy atom. The van der Waals surface area contributed by atoms with E-state index in [1.807, 2.05) is 0 Å². The van der Waals surface area contributed by atoms with E-state index < -0.39 is 27.9 Å². The highest BCUT2D eigenvalue weighted by atomic mass is 35.5. The number of ether oxygens (including phenoxy) is 2. The van der Waals surface area contributed by atoms with Gasteiger partial charge in [-0.25, -0.2) is 17.8 Å². The highest BCUT2D eigenvalue weighted by Gasteiger charge is 2.39. The third-order valence-electron chi connectivity index (χ3n) is 7.48. The summed E-state index contributed by atoms with van der Waals surface area (Å²) >= 11 is 6.28. The summed E-state index contributed by atoms with van der Waals surface area (Å²) in [6.45, 7) is 3.64. The molecule has 1 unspecified atom stereocenters. The van der Waals surface area contributed by atoms with Crippen LogP contribution in [0.4, 0.5) is 10.1 Å². The summed E-state index contributed by atoms with van der Waals surface area (Å²) in [7, 11) is -4.24. The lowest BCUT2D eigenvalue weighted by molar-refractivity contribution is -0.137. The Balaban J connectivity index is 1.64. The number of carboxylic acids is 1. The van der Waals surface area contributed by atoms with E-state index in [4.69, 9.17) is 21.1 Å². The summed E-state index contributed by atoms with van der Waals surface area (Å²) in [5.74, 6) is -1.11. The Labute approximate surface area is 249 Å². The van der Waals surface area contributed by atoms with Gasteiger partial charge in [0.25, 0.3) is 10.0 Å². The first-order valence-corrected chi connectivity index (χ1v) is 15.7. The fourth-order valence-electron chi connectivity index (χ4n) is 5.55. The molecule has 0 spiro atoms. The number of fused-ring (bicyclic) bond motifs is 2. The molecule has 0 radical (unpaired) electrons. The number of pyridine rings is 1. The zero-order chi connectivity index (χ0) is 30.0. The van der Waals surface area contributed by atoms with Crippen molar-refractivity contribution >= 4 is 44.9 Å². The van der Waals surface area contributed by atoms with Gasteiger partial charge in [-0.2, -0.15) is 0 Å². The lowest BCUT2D eigenvalue weighted by Gasteiger charge is -2.36. The molecule has 0 amide bonds. The van der Waals surface area contributed by atoms with E-state index in [1.165, 1.54) is 16.4 Å². The zero-order valence-electron chi connectivity index (χ0n) is 23.4. The average molecular weight is 615 g/mol. The first-order chi connectivity index (χ1) is 20.1. The number of anilines is 1. The summed E-state index contributed by atoms with van der Waals surface area (Å²) in [6.07, 6.45) is 5.78. The van der Waals surface area contributed by atoms with E-state index in [9.17, 15) is 22.7 Å². The highest BCUT2D eigenvalue weighted by Crippen LogP contribution is 2.42. The van der Waals surface area contributed by atoms with Crippen LogP contribution in [0.2, 0.25) is 5.02 Å². The molecule has 0 saturated carbocycles.